The minimum atomic E-state index is -0.0579. The van der Waals surface area contributed by atoms with Crippen molar-refractivity contribution in [2.75, 3.05) is 14.2 Å². The highest BCUT2D eigenvalue weighted by molar-refractivity contribution is 5.41. The van der Waals surface area contributed by atoms with E-state index in [2.05, 4.69) is 37.4 Å². The molecule has 18 heavy (non-hydrogen) atoms. The van der Waals surface area contributed by atoms with Crippen molar-refractivity contribution >= 4 is 0 Å². The quantitative estimate of drug-likeness (QED) is 0.842. The Kier molecular flexibility index (Phi) is 3.64. The highest BCUT2D eigenvalue weighted by atomic mass is 16.5. The number of nitrogens with two attached hydrogens (primary N) is 1. The van der Waals surface area contributed by atoms with Crippen molar-refractivity contribution in [3.63, 3.8) is 0 Å². The third-order valence-electron chi connectivity index (χ3n) is 3.90. The molecule has 1 unspecified atom stereocenters. The fourth-order valence-electron chi connectivity index (χ4n) is 2.60. The number of nitrogens with one attached hydrogen (secondary N) is 1. The first-order valence-electron chi connectivity index (χ1n) is 6.66. The second-order valence-electron chi connectivity index (χ2n) is 5.61. The van der Waals surface area contributed by atoms with Gasteiger partial charge in [0.25, 0.3) is 0 Å². The third kappa shape index (κ3) is 2.38. The zero-order valence-corrected chi connectivity index (χ0v) is 11.8. The van der Waals surface area contributed by atoms with Crippen molar-refractivity contribution in [1.82, 2.24) is 5.32 Å². The van der Waals surface area contributed by atoms with E-state index in [1.54, 1.807) is 7.11 Å². The van der Waals surface area contributed by atoms with Crippen LogP contribution in [-0.4, -0.2) is 19.7 Å². The monoisotopic (exact) mass is 248 g/mol. The SMILES string of the molecule is CNC(c1ccc(OC)c(C(C)C)c1)C1(N)CC1. The normalized spacial score (nSPS) is 18.8. The van der Waals surface area contributed by atoms with Gasteiger partial charge in [0.1, 0.15) is 5.75 Å². The highest BCUT2D eigenvalue weighted by Crippen LogP contribution is 2.44. The second-order valence-corrected chi connectivity index (χ2v) is 5.61. The van der Waals surface area contributed by atoms with E-state index in [1.165, 1.54) is 11.1 Å². The zero-order valence-electron chi connectivity index (χ0n) is 11.8. The van der Waals surface area contributed by atoms with E-state index < -0.39 is 0 Å². The van der Waals surface area contributed by atoms with Crippen LogP contribution in [-0.2, 0) is 0 Å². The van der Waals surface area contributed by atoms with Gasteiger partial charge in [-0.25, -0.2) is 0 Å². The van der Waals surface area contributed by atoms with Crippen molar-refractivity contribution in [3.8, 4) is 5.75 Å². The Morgan fingerprint density at radius 1 is 1.33 bits per heavy atom. The maximum atomic E-state index is 6.34. The fraction of sp³-hybridized carbons (Fsp3) is 0.600. The van der Waals surface area contributed by atoms with Crippen molar-refractivity contribution in [3.05, 3.63) is 29.3 Å². The maximum Gasteiger partial charge on any atom is 0.122 e. The van der Waals surface area contributed by atoms with Crippen LogP contribution in [0.4, 0.5) is 0 Å². The van der Waals surface area contributed by atoms with Gasteiger partial charge >= 0.3 is 0 Å². The molecular formula is C15H24N2O. The van der Waals surface area contributed by atoms with Gasteiger partial charge in [0.2, 0.25) is 0 Å². The minimum absolute atomic E-state index is 0.0579. The summed E-state index contributed by atoms with van der Waals surface area (Å²) in [5, 5.41) is 3.36. The summed E-state index contributed by atoms with van der Waals surface area (Å²) in [7, 11) is 3.71. The first-order valence-corrected chi connectivity index (χ1v) is 6.66. The lowest BCUT2D eigenvalue weighted by molar-refractivity contribution is 0.405. The number of rotatable bonds is 5. The number of benzene rings is 1. The van der Waals surface area contributed by atoms with E-state index in [4.69, 9.17) is 10.5 Å². The molecule has 1 aliphatic rings. The maximum absolute atomic E-state index is 6.34. The summed E-state index contributed by atoms with van der Waals surface area (Å²) >= 11 is 0. The van der Waals surface area contributed by atoms with Crippen LogP contribution in [0, 0.1) is 0 Å². The lowest BCUT2D eigenvalue weighted by Gasteiger charge is -2.25. The number of likely N-dealkylation sites (N-methyl/N-ethyl adjacent to an activating group) is 1. The van der Waals surface area contributed by atoms with Crippen molar-refractivity contribution in [2.24, 2.45) is 5.73 Å². The smallest absolute Gasteiger partial charge is 0.122 e. The standard InChI is InChI=1S/C15H24N2O/c1-10(2)12-9-11(5-6-13(12)18-4)14(17-3)15(16)7-8-15/h5-6,9-10,14,17H,7-8,16H2,1-4H3. The van der Waals surface area contributed by atoms with E-state index in [1.807, 2.05) is 7.05 Å². The first-order chi connectivity index (χ1) is 8.51. The second kappa shape index (κ2) is 4.90. The number of hydrogen-bond acceptors (Lipinski definition) is 3. The van der Waals surface area contributed by atoms with Crippen LogP contribution in [0.1, 0.15) is 49.8 Å². The molecule has 1 saturated carbocycles. The van der Waals surface area contributed by atoms with Crippen LogP contribution >= 0.6 is 0 Å². The van der Waals surface area contributed by atoms with Gasteiger partial charge in [0.05, 0.1) is 13.2 Å². The van der Waals surface area contributed by atoms with E-state index in [0.29, 0.717) is 5.92 Å². The van der Waals surface area contributed by atoms with Crippen LogP contribution in [0.15, 0.2) is 18.2 Å². The fourth-order valence-corrected chi connectivity index (χ4v) is 2.60. The van der Waals surface area contributed by atoms with Crippen molar-refractivity contribution < 1.29 is 4.74 Å². The van der Waals surface area contributed by atoms with Gasteiger partial charge in [0, 0.05) is 5.54 Å². The van der Waals surface area contributed by atoms with E-state index in [-0.39, 0.29) is 11.6 Å². The number of hydrogen-bond donors (Lipinski definition) is 2. The Labute approximate surface area is 110 Å². The predicted octanol–water partition coefficient (Wildman–Crippen LogP) is 2.57. The molecule has 0 aliphatic heterocycles. The Balaban J connectivity index is 2.36. The lowest BCUT2D eigenvalue weighted by Crippen LogP contribution is -2.38. The Hall–Kier alpha value is -1.06. The lowest BCUT2D eigenvalue weighted by atomic mass is 9.92. The Morgan fingerprint density at radius 2 is 2.00 bits per heavy atom. The molecule has 100 valence electrons. The molecule has 1 aromatic carbocycles. The average molecular weight is 248 g/mol. The molecule has 3 N–H and O–H groups in total. The molecule has 1 aliphatic carbocycles. The van der Waals surface area contributed by atoms with E-state index >= 15 is 0 Å². The molecule has 1 atom stereocenters. The van der Waals surface area contributed by atoms with Crippen molar-refractivity contribution in [1.29, 1.82) is 0 Å². The Morgan fingerprint density at radius 3 is 2.44 bits per heavy atom. The van der Waals surface area contributed by atoms with E-state index in [0.717, 1.165) is 18.6 Å². The molecule has 2 rings (SSSR count). The van der Waals surface area contributed by atoms with Gasteiger partial charge < -0.3 is 15.8 Å². The summed E-state index contributed by atoms with van der Waals surface area (Å²) in [6.07, 6.45) is 2.20. The minimum Gasteiger partial charge on any atom is -0.496 e. The molecule has 3 heteroatoms. The summed E-state index contributed by atoms with van der Waals surface area (Å²) in [6.45, 7) is 4.37. The summed E-state index contributed by atoms with van der Waals surface area (Å²) in [6, 6.07) is 6.65. The van der Waals surface area contributed by atoms with Gasteiger partial charge in [-0.15, -0.1) is 0 Å². The molecule has 0 saturated heterocycles. The summed E-state index contributed by atoms with van der Waals surface area (Å²) in [5.74, 6) is 1.41. The third-order valence-corrected chi connectivity index (χ3v) is 3.90. The molecule has 1 aromatic rings. The molecule has 0 radical (unpaired) electrons. The Bertz CT molecular complexity index is 425. The zero-order chi connectivity index (χ0) is 13.3. The molecule has 0 heterocycles. The van der Waals surface area contributed by atoms with Crippen LogP contribution in [0.25, 0.3) is 0 Å². The molecule has 0 amide bonds. The topological polar surface area (TPSA) is 47.3 Å². The predicted molar refractivity (Wildman–Crippen MR) is 75.0 cm³/mol. The average Bonchev–Trinajstić information content (AvgIpc) is 3.08. The van der Waals surface area contributed by atoms with E-state index in [9.17, 15) is 0 Å². The van der Waals surface area contributed by atoms with Gasteiger partial charge in [-0.1, -0.05) is 26.0 Å². The largest absolute Gasteiger partial charge is 0.496 e. The molecule has 0 aromatic heterocycles. The summed E-state index contributed by atoms with van der Waals surface area (Å²) in [4.78, 5) is 0. The van der Waals surface area contributed by atoms with Gasteiger partial charge in [0.15, 0.2) is 0 Å². The van der Waals surface area contributed by atoms with Crippen LogP contribution in [0.2, 0.25) is 0 Å². The van der Waals surface area contributed by atoms with Crippen molar-refractivity contribution in [2.45, 2.75) is 44.2 Å². The van der Waals surface area contributed by atoms with Crippen LogP contribution in [0.3, 0.4) is 0 Å². The molecule has 0 spiro atoms. The molecule has 1 fully saturated rings. The highest BCUT2D eigenvalue weighted by Gasteiger charge is 2.45. The van der Waals surface area contributed by atoms with Crippen LogP contribution < -0.4 is 15.8 Å². The summed E-state index contributed by atoms with van der Waals surface area (Å²) in [5.41, 5.74) is 8.79. The first kappa shape index (κ1) is 13.4. The summed E-state index contributed by atoms with van der Waals surface area (Å²) < 4.78 is 5.42. The number of methoxy groups -OCH3 is 1. The number of ether oxygens (including phenoxy) is 1. The van der Waals surface area contributed by atoms with Gasteiger partial charge in [-0.2, -0.15) is 0 Å². The molecule has 0 bridgehead atoms. The van der Waals surface area contributed by atoms with Crippen LogP contribution in [0.5, 0.6) is 5.75 Å². The molecule has 3 nitrogen and oxygen atoms in total. The van der Waals surface area contributed by atoms with Gasteiger partial charge in [-0.3, -0.25) is 0 Å². The van der Waals surface area contributed by atoms with Gasteiger partial charge in [-0.05, 0) is 43.0 Å². The molecular weight excluding hydrogens is 224 g/mol.